The monoisotopic (exact) mass is 168 g/mol. The molecule has 0 atom stereocenters. The number of nitrogens with zero attached hydrogens (tertiary/aromatic N) is 2. The van der Waals surface area contributed by atoms with Gasteiger partial charge in [0.2, 0.25) is 0 Å². The average molecular weight is 168 g/mol. The first-order chi connectivity index (χ1) is 5.51. The highest BCUT2D eigenvalue weighted by Crippen LogP contribution is 2.16. The molecule has 3 heteroatoms. The van der Waals surface area contributed by atoms with Gasteiger partial charge in [0.1, 0.15) is 0 Å². The zero-order chi connectivity index (χ0) is 9.19. The Balaban J connectivity index is 2.64. The van der Waals surface area contributed by atoms with Gasteiger partial charge in [-0.25, -0.2) is 4.98 Å². The van der Waals surface area contributed by atoms with E-state index in [4.69, 9.17) is 5.11 Å². The van der Waals surface area contributed by atoms with Crippen molar-refractivity contribution in [3.63, 3.8) is 0 Å². The number of hydrogen-bond acceptors (Lipinski definition) is 2. The minimum absolute atomic E-state index is 0.0249. The summed E-state index contributed by atoms with van der Waals surface area (Å²) in [5.74, 6) is 0. The van der Waals surface area contributed by atoms with Crippen LogP contribution in [-0.4, -0.2) is 14.7 Å². The molecule has 68 valence electrons. The molecule has 0 unspecified atom stereocenters. The summed E-state index contributed by atoms with van der Waals surface area (Å²) in [5, 5.41) is 8.77. The van der Waals surface area contributed by atoms with Crippen LogP contribution in [0, 0.1) is 5.41 Å². The molecule has 1 N–H and O–H groups in total. The number of imidazole rings is 1. The molecule has 0 aliphatic rings. The van der Waals surface area contributed by atoms with Crippen molar-refractivity contribution in [1.29, 1.82) is 0 Å². The number of aromatic nitrogens is 2. The van der Waals surface area contributed by atoms with E-state index in [0.717, 1.165) is 12.2 Å². The van der Waals surface area contributed by atoms with Crippen LogP contribution in [0.25, 0.3) is 0 Å². The molecular formula is C9H16N2O. The molecule has 0 saturated heterocycles. The predicted molar refractivity (Wildman–Crippen MR) is 47.6 cm³/mol. The maximum atomic E-state index is 8.77. The van der Waals surface area contributed by atoms with E-state index in [-0.39, 0.29) is 12.0 Å². The van der Waals surface area contributed by atoms with E-state index in [1.807, 2.05) is 10.8 Å². The lowest BCUT2D eigenvalue weighted by atomic mass is 9.97. The normalized spacial score (nSPS) is 12.0. The highest BCUT2D eigenvalue weighted by molar-refractivity contribution is 4.94. The number of rotatable bonds is 2. The fraction of sp³-hybridized carbons (Fsp3) is 0.667. The molecular weight excluding hydrogens is 152 g/mol. The van der Waals surface area contributed by atoms with Gasteiger partial charge in [-0.2, -0.15) is 0 Å². The summed E-state index contributed by atoms with van der Waals surface area (Å²) in [7, 11) is 0. The minimum Gasteiger partial charge on any atom is -0.390 e. The van der Waals surface area contributed by atoms with E-state index in [9.17, 15) is 0 Å². The standard InChI is InChI=1S/C9H16N2O/c1-9(2,3)6-11-4-8(5-12)10-7-11/h4,7,12H,5-6H2,1-3H3. The Bertz CT molecular complexity index is 247. The summed E-state index contributed by atoms with van der Waals surface area (Å²) >= 11 is 0. The summed E-state index contributed by atoms with van der Waals surface area (Å²) in [6.45, 7) is 7.47. The van der Waals surface area contributed by atoms with Crippen molar-refractivity contribution in [2.75, 3.05) is 0 Å². The van der Waals surface area contributed by atoms with E-state index in [0.29, 0.717) is 0 Å². The van der Waals surface area contributed by atoms with Gasteiger partial charge in [-0.3, -0.25) is 0 Å². The fourth-order valence-electron chi connectivity index (χ4n) is 1.12. The lowest BCUT2D eigenvalue weighted by Crippen LogP contribution is -2.13. The van der Waals surface area contributed by atoms with Gasteiger partial charge < -0.3 is 9.67 Å². The predicted octanol–water partition coefficient (Wildman–Crippen LogP) is 1.42. The van der Waals surface area contributed by atoms with Crippen LogP contribution in [0.4, 0.5) is 0 Å². The zero-order valence-corrected chi connectivity index (χ0v) is 7.91. The summed E-state index contributed by atoms with van der Waals surface area (Å²) in [6.07, 6.45) is 3.64. The van der Waals surface area contributed by atoms with E-state index in [2.05, 4.69) is 25.8 Å². The van der Waals surface area contributed by atoms with Gasteiger partial charge in [0, 0.05) is 12.7 Å². The molecule has 0 radical (unpaired) electrons. The summed E-state index contributed by atoms with van der Waals surface area (Å²) in [4.78, 5) is 4.03. The first-order valence-corrected chi connectivity index (χ1v) is 4.13. The molecule has 1 heterocycles. The van der Waals surface area contributed by atoms with Crippen molar-refractivity contribution in [3.8, 4) is 0 Å². The Labute approximate surface area is 73.1 Å². The van der Waals surface area contributed by atoms with Crippen molar-refractivity contribution in [1.82, 2.24) is 9.55 Å². The summed E-state index contributed by atoms with van der Waals surface area (Å²) < 4.78 is 2.01. The smallest absolute Gasteiger partial charge is 0.0950 e. The first kappa shape index (κ1) is 9.26. The van der Waals surface area contributed by atoms with Crippen LogP contribution in [-0.2, 0) is 13.2 Å². The van der Waals surface area contributed by atoms with E-state index in [1.54, 1.807) is 6.33 Å². The molecule has 0 aromatic carbocycles. The van der Waals surface area contributed by atoms with Gasteiger partial charge in [0.05, 0.1) is 18.6 Å². The second-order valence-electron chi connectivity index (χ2n) is 4.26. The molecule has 12 heavy (non-hydrogen) atoms. The molecule has 0 saturated carbocycles. The Morgan fingerprint density at radius 3 is 2.58 bits per heavy atom. The van der Waals surface area contributed by atoms with Crippen LogP contribution in [0.1, 0.15) is 26.5 Å². The zero-order valence-electron chi connectivity index (χ0n) is 7.91. The molecule has 1 aromatic rings. The average Bonchev–Trinajstić information content (AvgIpc) is 2.32. The van der Waals surface area contributed by atoms with Gasteiger partial charge in [0.25, 0.3) is 0 Å². The second kappa shape index (κ2) is 3.27. The summed E-state index contributed by atoms with van der Waals surface area (Å²) in [6, 6.07) is 0. The summed E-state index contributed by atoms with van der Waals surface area (Å²) in [5.41, 5.74) is 0.993. The maximum absolute atomic E-state index is 8.77. The molecule has 0 spiro atoms. The largest absolute Gasteiger partial charge is 0.390 e. The molecule has 0 amide bonds. The van der Waals surface area contributed by atoms with Gasteiger partial charge >= 0.3 is 0 Å². The van der Waals surface area contributed by atoms with Gasteiger partial charge in [0.15, 0.2) is 0 Å². The van der Waals surface area contributed by atoms with Gasteiger partial charge in [-0.05, 0) is 5.41 Å². The van der Waals surface area contributed by atoms with Gasteiger partial charge in [-0.15, -0.1) is 0 Å². The third kappa shape index (κ3) is 2.66. The molecule has 0 fully saturated rings. The van der Waals surface area contributed by atoms with E-state index >= 15 is 0 Å². The number of aliphatic hydroxyl groups is 1. The van der Waals surface area contributed by atoms with Crippen LogP contribution in [0.5, 0.6) is 0 Å². The quantitative estimate of drug-likeness (QED) is 0.725. The van der Waals surface area contributed by atoms with Crippen LogP contribution in [0.15, 0.2) is 12.5 Å². The maximum Gasteiger partial charge on any atom is 0.0950 e. The lowest BCUT2D eigenvalue weighted by Gasteiger charge is -2.18. The first-order valence-electron chi connectivity index (χ1n) is 4.13. The van der Waals surface area contributed by atoms with Crippen molar-refractivity contribution < 1.29 is 5.11 Å². The Kier molecular flexibility index (Phi) is 2.52. The highest BCUT2D eigenvalue weighted by atomic mass is 16.3. The van der Waals surface area contributed by atoms with Gasteiger partial charge in [-0.1, -0.05) is 20.8 Å². The number of aliphatic hydroxyl groups excluding tert-OH is 1. The van der Waals surface area contributed by atoms with Crippen LogP contribution in [0.3, 0.4) is 0 Å². The van der Waals surface area contributed by atoms with Crippen LogP contribution >= 0.6 is 0 Å². The topological polar surface area (TPSA) is 38.0 Å². The van der Waals surface area contributed by atoms with Crippen LogP contribution < -0.4 is 0 Å². The Hall–Kier alpha value is -0.830. The second-order valence-corrected chi connectivity index (χ2v) is 4.26. The fourth-order valence-corrected chi connectivity index (χ4v) is 1.12. The Morgan fingerprint density at radius 2 is 2.17 bits per heavy atom. The van der Waals surface area contributed by atoms with Crippen molar-refractivity contribution >= 4 is 0 Å². The molecule has 0 aliphatic carbocycles. The van der Waals surface area contributed by atoms with Crippen molar-refractivity contribution in [3.05, 3.63) is 18.2 Å². The Morgan fingerprint density at radius 1 is 1.50 bits per heavy atom. The van der Waals surface area contributed by atoms with Crippen molar-refractivity contribution in [2.45, 2.75) is 33.9 Å². The third-order valence-corrected chi connectivity index (χ3v) is 1.51. The lowest BCUT2D eigenvalue weighted by molar-refractivity contribution is 0.277. The molecule has 1 aromatic heterocycles. The highest BCUT2D eigenvalue weighted by Gasteiger charge is 2.10. The molecule has 0 bridgehead atoms. The van der Waals surface area contributed by atoms with E-state index in [1.165, 1.54) is 0 Å². The molecule has 1 rings (SSSR count). The number of hydrogen-bond donors (Lipinski definition) is 1. The molecule has 0 aliphatic heterocycles. The van der Waals surface area contributed by atoms with Crippen molar-refractivity contribution in [2.24, 2.45) is 5.41 Å². The van der Waals surface area contributed by atoms with Crippen LogP contribution in [0.2, 0.25) is 0 Å². The van der Waals surface area contributed by atoms with E-state index < -0.39 is 0 Å². The minimum atomic E-state index is 0.0249. The SMILES string of the molecule is CC(C)(C)Cn1cnc(CO)c1. The molecule has 3 nitrogen and oxygen atoms in total. The third-order valence-electron chi connectivity index (χ3n) is 1.51.